The van der Waals surface area contributed by atoms with E-state index < -0.39 is 0 Å². The Kier molecular flexibility index (Phi) is 3.60. The molecule has 0 radical (unpaired) electrons. The summed E-state index contributed by atoms with van der Waals surface area (Å²) in [5.74, 6) is 1.82. The van der Waals surface area contributed by atoms with Crippen LogP contribution in [0.25, 0.3) is 0 Å². The molecule has 2 aromatic heterocycles. The molecule has 5 heteroatoms. The highest BCUT2D eigenvalue weighted by Gasteiger charge is 2.37. The lowest BCUT2D eigenvalue weighted by Crippen LogP contribution is -2.42. The predicted octanol–water partition coefficient (Wildman–Crippen LogP) is 3.50. The van der Waals surface area contributed by atoms with E-state index in [0.29, 0.717) is 6.42 Å². The van der Waals surface area contributed by atoms with Crippen molar-refractivity contribution in [1.82, 2.24) is 5.32 Å². The van der Waals surface area contributed by atoms with Gasteiger partial charge in [-0.3, -0.25) is 5.32 Å². The molecular weight excluding hydrogens is 256 g/mol. The molecule has 0 aromatic carbocycles. The molecule has 0 aliphatic carbocycles. The second kappa shape index (κ2) is 5.54. The fourth-order valence-corrected chi connectivity index (χ4v) is 2.95. The van der Waals surface area contributed by atoms with Gasteiger partial charge in [0.1, 0.15) is 11.5 Å². The van der Waals surface area contributed by atoms with E-state index in [0.717, 1.165) is 23.7 Å². The maximum atomic E-state index is 9.32. The molecule has 1 saturated heterocycles. The summed E-state index contributed by atoms with van der Waals surface area (Å²) in [7, 11) is 0. The van der Waals surface area contributed by atoms with E-state index in [-0.39, 0.29) is 18.0 Å². The molecule has 2 aromatic rings. The number of oxime groups is 1. The number of nitrogens with one attached hydrogen (secondary N) is 1. The lowest BCUT2D eigenvalue weighted by molar-refractivity contribution is 0.256. The van der Waals surface area contributed by atoms with Crippen molar-refractivity contribution in [1.29, 1.82) is 0 Å². The van der Waals surface area contributed by atoms with Crippen LogP contribution in [0.5, 0.6) is 0 Å². The Morgan fingerprint density at radius 1 is 1.25 bits per heavy atom. The lowest BCUT2D eigenvalue weighted by Gasteiger charge is -2.35. The summed E-state index contributed by atoms with van der Waals surface area (Å²) in [6.45, 7) is 2.08. The zero-order chi connectivity index (χ0) is 13.9. The Morgan fingerprint density at radius 3 is 2.50 bits per heavy atom. The zero-order valence-corrected chi connectivity index (χ0v) is 11.3. The van der Waals surface area contributed by atoms with Crippen LogP contribution in [0.2, 0.25) is 0 Å². The normalized spacial score (nSPS) is 28.9. The molecule has 0 saturated carbocycles. The Bertz CT molecular complexity index is 560. The summed E-state index contributed by atoms with van der Waals surface area (Å²) in [6.07, 6.45) is 4.83. The molecule has 1 fully saturated rings. The van der Waals surface area contributed by atoms with Crippen molar-refractivity contribution in [2.24, 2.45) is 11.1 Å². The molecule has 0 bridgehead atoms. The van der Waals surface area contributed by atoms with Gasteiger partial charge in [0.25, 0.3) is 0 Å². The fraction of sp³-hybridized carbons (Fsp3) is 0.400. The predicted molar refractivity (Wildman–Crippen MR) is 73.7 cm³/mol. The van der Waals surface area contributed by atoms with E-state index in [1.54, 1.807) is 12.5 Å². The SMILES string of the molecule is CC[C@@H]1/C(=N/O)C[C@@H](c2ccco2)N[C@@H]1c1ccco1. The second-order valence-electron chi connectivity index (χ2n) is 5.04. The number of hydrogen-bond donors (Lipinski definition) is 2. The van der Waals surface area contributed by atoms with Gasteiger partial charge in [-0.15, -0.1) is 0 Å². The van der Waals surface area contributed by atoms with Gasteiger partial charge in [0.2, 0.25) is 0 Å². The minimum absolute atomic E-state index is 0.00574. The highest BCUT2D eigenvalue weighted by atomic mass is 16.4. The fourth-order valence-electron chi connectivity index (χ4n) is 2.95. The average molecular weight is 274 g/mol. The van der Waals surface area contributed by atoms with E-state index in [9.17, 15) is 5.21 Å². The van der Waals surface area contributed by atoms with E-state index >= 15 is 0 Å². The van der Waals surface area contributed by atoms with Crippen molar-refractivity contribution in [3.63, 3.8) is 0 Å². The molecule has 3 heterocycles. The first-order chi connectivity index (χ1) is 9.83. The summed E-state index contributed by atoms with van der Waals surface area (Å²) >= 11 is 0. The number of piperidine rings is 1. The Balaban J connectivity index is 1.93. The number of rotatable bonds is 3. The van der Waals surface area contributed by atoms with Gasteiger partial charge < -0.3 is 14.0 Å². The van der Waals surface area contributed by atoms with Crippen molar-refractivity contribution in [3.8, 4) is 0 Å². The van der Waals surface area contributed by atoms with Crippen molar-refractivity contribution in [3.05, 3.63) is 48.3 Å². The van der Waals surface area contributed by atoms with Crippen LogP contribution in [-0.4, -0.2) is 10.9 Å². The number of nitrogens with zero attached hydrogens (tertiary/aromatic N) is 1. The first-order valence-electron chi connectivity index (χ1n) is 6.87. The summed E-state index contributed by atoms with van der Waals surface area (Å²) in [5.41, 5.74) is 0.786. The third kappa shape index (κ3) is 2.25. The minimum Gasteiger partial charge on any atom is -0.468 e. The molecule has 1 aliphatic heterocycles. The first kappa shape index (κ1) is 13.0. The summed E-state index contributed by atoms with van der Waals surface area (Å²) in [5, 5.41) is 16.4. The topological polar surface area (TPSA) is 70.9 Å². The highest BCUT2D eigenvalue weighted by Crippen LogP contribution is 2.37. The number of furan rings is 2. The molecule has 5 nitrogen and oxygen atoms in total. The van der Waals surface area contributed by atoms with Crippen LogP contribution >= 0.6 is 0 Å². The zero-order valence-electron chi connectivity index (χ0n) is 11.3. The Hall–Kier alpha value is -2.01. The van der Waals surface area contributed by atoms with Gasteiger partial charge in [0, 0.05) is 12.3 Å². The summed E-state index contributed by atoms with van der Waals surface area (Å²) < 4.78 is 11.0. The molecule has 3 rings (SSSR count). The van der Waals surface area contributed by atoms with Crippen molar-refractivity contribution in [2.75, 3.05) is 0 Å². The highest BCUT2D eigenvalue weighted by molar-refractivity contribution is 5.88. The van der Waals surface area contributed by atoms with Crippen molar-refractivity contribution < 1.29 is 14.0 Å². The molecule has 0 amide bonds. The van der Waals surface area contributed by atoms with Crippen LogP contribution in [0, 0.1) is 5.92 Å². The Morgan fingerprint density at radius 2 is 1.95 bits per heavy atom. The van der Waals surface area contributed by atoms with Crippen LogP contribution in [0.4, 0.5) is 0 Å². The van der Waals surface area contributed by atoms with E-state index in [2.05, 4.69) is 17.4 Å². The molecule has 20 heavy (non-hydrogen) atoms. The van der Waals surface area contributed by atoms with Gasteiger partial charge in [0.15, 0.2) is 0 Å². The minimum atomic E-state index is -0.00949. The smallest absolute Gasteiger partial charge is 0.121 e. The molecule has 1 aliphatic rings. The lowest BCUT2D eigenvalue weighted by atomic mass is 9.82. The molecular formula is C15H18N2O3. The van der Waals surface area contributed by atoms with E-state index in [1.807, 2.05) is 24.3 Å². The Labute approximate surface area is 117 Å². The largest absolute Gasteiger partial charge is 0.468 e. The summed E-state index contributed by atoms with van der Waals surface area (Å²) in [4.78, 5) is 0. The van der Waals surface area contributed by atoms with Gasteiger partial charge in [-0.25, -0.2) is 0 Å². The number of hydrogen-bond acceptors (Lipinski definition) is 5. The monoisotopic (exact) mass is 274 g/mol. The average Bonchev–Trinajstić information content (AvgIpc) is 3.18. The first-order valence-corrected chi connectivity index (χ1v) is 6.87. The maximum Gasteiger partial charge on any atom is 0.121 e. The van der Waals surface area contributed by atoms with Crippen LogP contribution < -0.4 is 5.32 Å². The van der Waals surface area contributed by atoms with Crippen molar-refractivity contribution in [2.45, 2.75) is 31.8 Å². The van der Waals surface area contributed by atoms with Gasteiger partial charge in [-0.2, -0.15) is 0 Å². The second-order valence-corrected chi connectivity index (χ2v) is 5.04. The quantitative estimate of drug-likeness (QED) is 0.663. The van der Waals surface area contributed by atoms with Gasteiger partial charge >= 0.3 is 0 Å². The molecule has 0 spiro atoms. The van der Waals surface area contributed by atoms with Gasteiger partial charge in [0.05, 0.1) is 30.3 Å². The van der Waals surface area contributed by atoms with Gasteiger partial charge in [-0.05, 0) is 30.7 Å². The molecule has 2 N–H and O–H groups in total. The third-order valence-corrected chi connectivity index (χ3v) is 3.93. The van der Waals surface area contributed by atoms with Crippen LogP contribution in [0.15, 0.2) is 50.8 Å². The van der Waals surface area contributed by atoms with E-state index in [1.165, 1.54) is 0 Å². The van der Waals surface area contributed by atoms with Crippen LogP contribution in [0.3, 0.4) is 0 Å². The molecule has 3 atom stereocenters. The van der Waals surface area contributed by atoms with Crippen LogP contribution in [-0.2, 0) is 0 Å². The molecule has 0 unspecified atom stereocenters. The summed E-state index contributed by atoms with van der Waals surface area (Å²) in [6, 6.07) is 7.59. The van der Waals surface area contributed by atoms with Crippen LogP contribution in [0.1, 0.15) is 43.4 Å². The standard InChI is InChI=1S/C15H18N2O3/c1-2-10-11(17-18)9-12(13-5-3-7-19-13)16-15(10)14-6-4-8-20-14/h3-8,10,12,15-16,18H,2,9H2,1H3/b17-11+/t10-,12+,15+/m1/s1. The maximum absolute atomic E-state index is 9.32. The van der Waals surface area contributed by atoms with Crippen molar-refractivity contribution >= 4 is 5.71 Å². The molecule has 106 valence electrons. The van der Waals surface area contributed by atoms with Gasteiger partial charge in [-0.1, -0.05) is 12.1 Å². The van der Waals surface area contributed by atoms with E-state index in [4.69, 9.17) is 8.83 Å². The third-order valence-electron chi connectivity index (χ3n) is 3.93.